The number of hydrogen-bond donors (Lipinski definition) is 2. The molecule has 0 radical (unpaired) electrons. The van der Waals surface area contributed by atoms with Gasteiger partial charge in [0.1, 0.15) is 11.8 Å². The van der Waals surface area contributed by atoms with Gasteiger partial charge in [0.25, 0.3) is 0 Å². The highest BCUT2D eigenvalue weighted by Crippen LogP contribution is 2.18. The Morgan fingerprint density at radius 1 is 1.25 bits per heavy atom. The lowest BCUT2D eigenvalue weighted by molar-refractivity contribution is -0.144. The van der Waals surface area contributed by atoms with E-state index in [1.54, 1.807) is 4.90 Å². The molecule has 1 aliphatic rings. The number of carboxylic acid groups (broad SMARTS) is 1. The zero-order chi connectivity index (χ0) is 20.5. The molecular weight excluding hydrogens is 360 g/mol. The van der Waals surface area contributed by atoms with Crippen molar-refractivity contribution in [1.82, 2.24) is 10.2 Å². The predicted octanol–water partition coefficient (Wildman–Crippen LogP) is 2.31. The van der Waals surface area contributed by atoms with Crippen molar-refractivity contribution in [1.29, 1.82) is 0 Å². The maximum Gasteiger partial charge on any atom is 0.326 e. The summed E-state index contributed by atoms with van der Waals surface area (Å²) in [5.74, 6) is -0.853. The molecule has 2 rings (SSSR count). The molecule has 1 fully saturated rings. The predicted molar refractivity (Wildman–Crippen MR) is 105 cm³/mol. The van der Waals surface area contributed by atoms with Crippen molar-refractivity contribution in [3.63, 3.8) is 0 Å². The standard InChI is InChI=1S/C21H30N2O5/c1-15(2)13-18(21(26)27)22-20(25)16-7-6-11-23(14-16)19(24)10-12-28-17-8-4-3-5-9-17/h3-5,8-9,15-16,18H,6-7,10-14H2,1-2H3,(H,22,25)(H,26,27). The van der Waals surface area contributed by atoms with E-state index in [1.807, 2.05) is 44.2 Å². The molecule has 1 aromatic carbocycles. The van der Waals surface area contributed by atoms with Gasteiger partial charge in [-0.25, -0.2) is 4.79 Å². The summed E-state index contributed by atoms with van der Waals surface area (Å²) < 4.78 is 5.57. The number of hydrogen-bond acceptors (Lipinski definition) is 4. The van der Waals surface area contributed by atoms with Crippen LogP contribution in [0.15, 0.2) is 30.3 Å². The number of likely N-dealkylation sites (tertiary alicyclic amines) is 1. The van der Waals surface area contributed by atoms with Gasteiger partial charge in [-0.2, -0.15) is 0 Å². The number of ether oxygens (including phenoxy) is 1. The number of para-hydroxylation sites is 1. The van der Waals surface area contributed by atoms with Crippen LogP contribution < -0.4 is 10.1 Å². The minimum atomic E-state index is -1.02. The number of amides is 2. The van der Waals surface area contributed by atoms with Crippen LogP contribution in [0.4, 0.5) is 0 Å². The molecule has 0 aliphatic carbocycles. The Morgan fingerprint density at radius 3 is 2.61 bits per heavy atom. The lowest BCUT2D eigenvalue weighted by Crippen LogP contribution is -2.49. The van der Waals surface area contributed by atoms with E-state index in [1.165, 1.54) is 0 Å². The normalized spacial score (nSPS) is 17.8. The average molecular weight is 390 g/mol. The minimum absolute atomic E-state index is 0.0506. The molecule has 2 amide bonds. The third-order valence-electron chi connectivity index (χ3n) is 4.79. The number of carbonyl (C=O) groups is 3. The van der Waals surface area contributed by atoms with Gasteiger partial charge in [0, 0.05) is 13.1 Å². The van der Waals surface area contributed by atoms with Gasteiger partial charge in [-0.15, -0.1) is 0 Å². The number of nitrogens with one attached hydrogen (secondary N) is 1. The van der Waals surface area contributed by atoms with Crippen molar-refractivity contribution in [2.45, 2.75) is 45.6 Å². The van der Waals surface area contributed by atoms with Crippen LogP contribution in [0.3, 0.4) is 0 Å². The fraction of sp³-hybridized carbons (Fsp3) is 0.571. The summed E-state index contributed by atoms with van der Waals surface area (Å²) in [4.78, 5) is 38.0. The Morgan fingerprint density at radius 2 is 1.96 bits per heavy atom. The van der Waals surface area contributed by atoms with E-state index >= 15 is 0 Å². The van der Waals surface area contributed by atoms with Gasteiger partial charge in [-0.3, -0.25) is 9.59 Å². The lowest BCUT2D eigenvalue weighted by atomic mass is 9.95. The second-order valence-corrected chi connectivity index (χ2v) is 7.62. The summed E-state index contributed by atoms with van der Waals surface area (Å²) >= 11 is 0. The maximum absolute atomic E-state index is 12.5. The van der Waals surface area contributed by atoms with Crippen molar-refractivity contribution < 1.29 is 24.2 Å². The van der Waals surface area contributed by atoms with E-state index < -0.39 is 12.0 Å². The molecule has 1 saturated heterocycles. The van der Waals surface area contributed by atoms with Crippen molar-refractivity contribution in [3.05, 3.63) is 30.3 Å². The van der Waals surface area contributed by atoms with Crippen LogP contribution in [0, 0.1) is 11.8 Å². The van der Waals surface area contributed by atoms with E-state index in [4.69, 9.17) is 4.74 Å². The Labute approximate surface area is 166 Å². The molecule has 28 heavy (non-hydrogen) atoms. The smallest absolute Gasteiger partial charge is 0.326 e. The molecule has 2 atom stereocenters. The van der Waals surface area contributed by atoms with Crippen molar-refractivity contribution in [3.8, 4) is 5.75 Å². The molecule has 0 aromatic heterocycles. The summed E-state index contributed by atoms with van der Waals surface area (Å²) in [5, 5.41) is 11.9. The molecular formula is C21H30N2O5. The molecule has 0 spiro atoms. The van der Waals surface area contributed by atoms with Crippen LogP contribution >= 0.6 is 0 Å². The van der Waals surface area contributed by atoms with Gasteiger partial charge in [-0.05, 0) is 37.3 Å². The summed E-state index contributed by atoms with van der Waals surface area (Å²) in [7, 11) is 0. The van der Waals surface area contributed by atoms with Crippen LogP contribution in [0.25, 0.3) is 0 Å². The lowest BCUT2D eigenvalue weighted by Gasteiger charge is -2.32. The summed E-state index contributed by atoms with van der Waals surface area (Å²) in [6, 6.07) is 8.41. The highest BCUT2D eigenvalue weighted by atomic mass is 16.5. The Balaban J connectivity index is 1.82. The zero-order valence-corrected chi connectivity index (χ0v) is 16.6. The summed E-state index contributed by atoms with van der Waals surface area (Å²) in [6.07, 6.45) is 2.01. The number of rotatable bonds is 9. The average Bonchev–Trinajstić information content (AvgIpc) is 2.67. The van der Waals surface area contributed by atoms with Gasteiger partial charge in [0.2, 0.25) is 11.8 Å². The second kappa shape index (κ2) is 10.7. The quantitative estimate of drug-likeness (QED) is 0.675. The first-order valence-electron chi connectivity index (χ1n) is 9.85. The second-order valence-electron chi connectivity index (χ2n) is 7.62. The number of aliphatic carboxylic acids is 1. The first-order valence-corrected chi connectivity index (χ1v) is 9.85. The van der Waals surface area contributed by atoms with E-state index in [0.717, 1.165) is 12.2 Å². The van der Waals surface area contributed by atoms with Gasteiger partial charge in [0.05, 0.1) is 18.9 Å². The Hall–Kier alpha value is -2.57. The highest BCUT2D eigenvalue weighted by molar-refractivity contribution is 5.86. The summed E-state index contributed by atoms with van der Waals surface area (Å²) in [5.41, 5.74) is 0. The molecule has 154 valence electrons. The van der Waals surface area contributed by atoms with E-state index in [0.29, 0.717) is 25.9 Å². The molecule has 7 heteroatoms. The Kier molecular flexibility index (Phi) is 8.29. The summed E-state index contributed by atoms with van der Waals surface area (Å²) in [6.45, 7) is 5.05. The number of piperidine rings is 1. The highest BCUT2D eigenvalue weighted by Gasteiger charge is 2.31. The molecule has 2 unspecified atom stereocenters. The van der Waals surface area contributed by atoms with Gasteiger partial charge < -0.3 is 20.1 Å². The third kappa shape index (κ3) is 6.87. The van der Waals surface area contributed by atoms with Crippen molar-refractivity contribution >= 4 is 17.8 Å². The molecule has 1 aromatic rings. The first-order chi connectivity index (χ1) is 13.4. The molecule has 1 aliphatic heterocycles. The van der Waals surface area contributed by atoms with Crippen LogP contribution in [0.1, 0.15) is 39.5 Å². The van der Waals surface area contributed by atoms with Crippen molar-refractivity contribution in [2.75, 3.05) is 19.7 Å². The van der Waals surface area contributed by atoms with Crippen LogP contribution in [0.5, 0.6) is 5.75 Å². The molecule has 1 heterocycles. The minimum Gasteiger partial charge on any atom is -0.493 e. The Bertz CT molecular complexity index is 662. The van der Waals surface area contributed by atoms with E-state index in [2.05, 4.69) is 5.32 Å². The topological polar surface area (TPSA) is 95.9 Å². The third-order valence-corrected chi connectivity index (χ3v) is 4.79. The van der Waals surface area contributed by atoms with Crippen LogP contribution in [0.2, 0.25) is 0 Å². The molecule has 0 bridgehead atoms. The van der Waals surface area contributed by atoms with E-state index in [9.17, 15) is 19.5 Å². The number of carboxylic acids is 1. The van der Waals surface area contributed by atoms with E-state index in [-0.39, 0.29) is 36.7 Å². The maximum atomic E-state index is 12.5. The van der Waals surface area contributed by atoms with Gasteiger partial charge in [-0.1, -0.05) is 32.0 Å². The fourth-order valence-corrected chi connectivity index (χ4v) is 3.33. The van der Waals surface area contributed by atoms with Gasteiger partial charge in [0.15, 0.2) is 0 Å². The number of benzene rings is 1. The molecule has 7 nitrogen and oxygen atoms in total. The monoisotopic (exact) mass is 390 g/mol. The van der Waals surface area contributed by atoms with Gasteiger partial charge >= 0.3 is 5.97 Å². The molecule has 0 saturated carbocycles. The molecule has 2 N–H and O–H groups in total. The number of carbonyl (C=O) groups excluding carboxylic acids is 2. The number of nitrogens with zero attached hydrogens (tertiary/aromatic N) is 1. The van der Waals surface area contributed by atoms with Crippen molar-refractivity contribution in [2.24, 2.45) is 11.8 Å². The first kappa shape index (κ1) is 21.7. The zero-order valence-electron chi connectivity index (χ0n) is 16.6. The SMILES string of the molecule is CC(C)CC(NC(=O)C1CCCN(C(=O)CCOc2ccccc2)C1)C(=O)O. The van der Waals surface area contributed by atoms with Crippen LogP contribution in [-0.4, -0.2) is 53.5 Å². The largest absolute Gasteiger partial charge is 0.493 e. The fourth-order valence-electron chi connectivity index (χ4n) is 3.33. The van der Waals surface area contributed by atoms with Crippen LogP contribution in [-0.2, 0) is 14.4 Å².